The van der Waals surface area contributed by atoms with Gasteiger partial charge in [0.15, 0.2) is 11.6 Å². The van der Waals surface area contributed by atoms with Crippen molar-refractivity contribution in [3.8, 4) is 0 Å². The molecular formula is C10H12N4O2. The maximum Gasteiger partial charge on any atom is 0.195 e. The monoisotopic (exact) mass is 220 g/mol. The highest BCUT2D eigenvalue weighted by Gasteiger charge is 2.08. The molecular weight excluding hydrogens is 208 g/mol. The molecule has 2 aromatic rings. The van der Waals surface area contributed by atoms with Gasteiger partial charge in [0.25, 0.3) is 0 Å². The molecule has 0 bridgehead atoms. The zero-order valence-corrected chi connectivity index (χ0v) is 8.94. The minimum Gasteiger partial charge on any atom is -0.290 e. The van der Waals surface area contributed by atoms with Gasteiger partial charge in [-0.3, -0.25) is 10.4 Å². The molecule has 0 radical (unpaired) electrons. The highest BCUT2D eigenvalue weighted by molar-refractivity contribution is 5.81. The molecule has 1 aromatic carbocycles. The van der Waals surface area contributed by atoms with Crippen LogP contribution in [0.25, 0.3) is 11.0 Å². The number of hydrogen-bond acceptors (Lipinski definition) is 6. The van der Waals surface area contributed by atoms with E-state index in [4.69, 9.17) is 10.4 Å². The SMILES string of the molecule is Cc1cc2nc(NO)c(NO)nc2cc1C. The predicted molar refractivity (Wildman–Crippen MR) is 59.8 cm³/mol. The van der Waals surface area contributed by atoms with E-state index in [2.05, 4.69) is 9.97 Å². The molecule has 0 aliphatic heterocycles. The second kappa shape index (κ2) is 3.92. The Morgan fingerprint density at radius 1 is 0.875 bits per heavy atom. The van der Waals surface area contributed by atoms with Gasteiger partial charge in [-0.05, 0) is 37.1 Å². The van der Waals surface area contributed by atoms with Crippen LogP contribution in [0.3, 0.4) is 0 Å². The van der Waals surface area contributed by atoms with Crippen molar-refractivity contribution in [3.63, 3.8) is 0 Å². The van der Waals surface area contributed by atoms with Crippen LogP contribution in [-0.4, -0.2) is 20.4 Å². The lowest BCUT2D eigenvalue weighted by Gasteiger charge is -2.08. The zero-order valence-electron chi connectivity index (χ0n) is 8.94. The van der Waals surface area contributed by atoms with E-state index in [0.29, 0.717) is 11.0 Å². The van der Waals surface area contributed by atoms with Crippen molar-refractivity contribution in [1.29, 1.82) is 0 Å². The van der Waals surface area contributed by atoms with Crippen LogP contribution < -0.4 is 11.0 Å². The molecule has 0 fully saturated rings. The molecule has 0 atom stereocenters. The summed E-state index contributed by atoms with van der Waals surface area (Å²) in [5, 5.41) is 17.7. The van der Waals surface area contributed by atoms with E-state index < -0.39 is 0 Å². The molecule has 6 nitrogen and oxygen atoms in total. The van der Waals surface area contributed by atoms with Crippen LogP contribution in [0.15, 0.2) is 12.1 Å². The van der Waals surface area contributed by atoms with Crippen LogP contribution in [0.4, 0.5) is 11.6 Å². The summed E-state index contributed by atoms with van der Waals surface area (Å²) in [5.41, 5.74) is 7.24. The minimum absolute atomic E-state index is 0.0817. The quantitative estimate of drug-likeness (QED) is 0.577. The average Bonchev–Trinajstić information content (AvgIpc) is 2.29. The summed E-state index contributed by atoms with van der Waals surface area (Å²) in [6, 6.07) is 3.75. The van der Waals surface area contributed by atoms with Crippen LogP contribution in [-0.2, 0) is 0 Å². The molecule has 0 spiro atoms. The third-order valence-corrected chi connectivity index (χ3v) is 2.49. The number of rotatable bonds is 2. The standard InChI is InChI=1S/C10H12N4O2/c1-5-3-7-8(4-6(5)2)12-10(14-16)9(11-7)13-15/h3-4,15-16H,1-2H3,(H,11,13)(H,12,14). The van der Waals surface area contributed by atoms with Crippen LogP contribution in [0, 0.1) is 13.8 Å². The molecule has 0 aliphatic rings. The van der Waals surface area contributed by atoms with Gasteiger partial charge in [-0.15, -0.1) is 0 Å². The Morgan fingerprint density at radius 2 is 1.25 bits per heavy atom. The van der Waals surface area contributed by atoms with Crippen molar-refractivity contribution in [2.24, 2.45) is 0 Å². The first-order valence-electron chi connectivity index (χ1n) is 4.75. The van der Waals surface area contributed by atoms with Gasteiger partial charge in [-0.2, -0.15) is 0 Å². The molecule has 1 aromatic heterocycles. The van der Waals surface area contributed by atoms with E-state index >= 15 is 0 Å². The molecule has 0 saturated heterocycles. The normalized spacial score (nSPS) is 10.5. The minimum atomic E-state index is 0.0817. The summed E-state index contributed by atoms with van der Waals surface area (Å²) in [5.74, 6) is 0.163. The van der Waals surface area contributed by atoms with E-state index in [9.17, 15) is 0 Å². The largest absolute Gasteiger partial charge is 0.290 e. The number of fused-ring (bicyclic) bond motifs is 1. The number of aryl methyl sites for hydroxylation is 2. The lowest BCUT2D eigenvalue weighted by Crippen LogP contribution is -2.03. The Balaban J connectivity index is 2.73. The van der Waals surface area contributed by atoms with Gasteiger partial charge in [-0.25, -0.2) is 20.9 Å². The lowest BCUT2D eigenvalue weighted by atomic mass is 10.1. The second-order valence-electron chi connectivity index (χ2n) is 3.57. The number of aromatic nitrogens is 2. The van der Waals surface area contributed by atoms with Gasteiger partial charge in [-0.1, -0.05) is 0 Å². The Hall–Kier alpha value is -1.92. The van der Waals surface area contributed by atoms with Crippen molar-refractivity contribution >= 4 is 22.7 Å². The summed E-state index contributed by atoms with van der Waals surface area (Å²) in [7, 11) is 0. The predicted octanol–water partition coefficient (Wildman–Crippen LogP) is 1.85. The van der Waals surface area contributed by atoms with Crippen molar-refractivity contribution in [2.75, 3.05) is 11.0 Å². The summed E-state index contributed by atoms with van der Waals surface area (Å²) in [4.78, 5) is 8.24. The first-order valence-corrected chi connectivity index (χ1v) is 4.75. The number of anilines is 2. The molecule has 16 heavy (non-hydrogen) atoms. The van der Waals surface area contributed by atoms with Crippen molar-refractivity contribution in [2.45, 2.75) is 13.8 Å². The topological polar surface area (TPSA) is 90.3 Å². The third kappa shape index (κ3) is 1.64. The molecule has 0 amide bonds. The lowest BCUT2D eigenvalue weighted by molar-refractivity contribution is 0.373. The van der Waals surface area contributed by atoms with E-state index in [1.54, 1.807) is 0 Å². The molecule has 0 unspecified atom stereocenters. The smallest absolute Gasteiger partial charge is 0.195 e. The molecule has 4 N–H and O–H groups in total. The third-order valence-electron chi connectivity index (χ3n) is 2.49. The Bertz CT molecular complexity index is 493. The van der Waals surface area contributed by atoms with Gasteiger partial charge in [0.05, 0.1) is 11.0 Å². The van der Waals surface area contributed by atoms with E-state index in [1.165, 1.54) is 0 Å². The fourth-order valence-electron chi connectivity index (χ4n) is 1.47. The van der Waals surface area contributed by atoms with E-state index in [-0.39, 0.29) is 11.6 Å². The first kappa shape index (κ1) is 10.6. The number of nitrogens with one attached hydrogen (secondary N) is 2. The molecule has 84 valence electrons. The van der Waals surface area contributed by atoms with Gasteiger partial charge < -0.3 is 0 Å². The number of hydrogen-bond donors (Lipinski definition) is 4. The van der Waals surface area contributed by atoms with Crippen LogP contribution >= 0.6 is 0 Å². The van der Waals surface area contributed by atoms with Crippen LogP contribution in [0.2, 0.25) is 0 Å². The van der Waals surface area contributed by atoms with Crippen LogP contribution in [0.5, 0.6) is 0 Å². The van der Waals surface area contributed by atoms with Gasteiger partial charge in [0, 0.05) is 0 Å². The zero-order chi connectivity index (χ0) is 11.7. The Kier molecular flexibility index (Phi) is 2.59. The molecule has 1 heterocycles. The van der Waals surface area contributed by atoms with Gasteiger partial charge in [0.1, 0.15) is 0 Å². The summed E-state index contributed by atoms with van der Waals surface area (Å²) < 4.78 is 0. The van der Waals surface area contributed by atoms with Gasteiger partial charge >= 0.3 is 0 Å². The van der Waals surface area contributed by atoms with Crippen LogP contribution in [0.1, 0.15) is 11.1 Å². The highest BCUT2D eigenvalue weighted by atomic mass is 16.5. The van der Waals surface area contributed by atoms with Crippen molar-refractivity contribution < 1.29 is 10.4 Å². The van der Waals surface area contributed by atoms with E-state index in [0.717, 1.165) is 11.1 Å². The van der Waals surface area contributed by atoms with E-state index in [1.807, 2.05) is 36.9 Å². The molecule has 0 aliphatic carbocycles. The highest BCUT2D eigenvalue weighted by Crippen LogP contribution is 2.22. The Labute approximate surface area is 91.9 Å². The fourth-order valence-corrected chi connectivity index (χ4v) is 1.47. The summed E-state index contributed by atoms with van der Waals surface area (Å²) in [6.07, 6.45) is 0. The maximum absolute atomic E-state index is 8.83. The number of nitrogens with zero attached hydrogens (tertiary/aromatic N) is 2. The second-order valence-corrected chi connectivity index (χ2v) is 3.57. The molecule has 6 heteroatoms. The Morgan fingerprint density at radius 3 is 1.56 bits per heavy atom. The van der Waals surface area contributed by atoms with Crippen molar-refractivity contribution in [3.05, 3.63) is 23.3 Å². The maximum atomic E-state index is 8.83. The van der Waals surface area contributed by atoms with Gasteiger partial charge in [0.2, 0.25) is 0 Å². The summed E-state index contributed by atoms with van der Waals surface area (Å²) in [6.45, 7) is 3.95. The average molecular weight is 220 g/mol. The molecule has 0 saturated carbocycles. The fraction of sp³-hybridized carbons (Fsp3) is 0.200. The summed E-state index contributed by atoms with van der Waals surface area (Å²) >= 11 is 0. The van der Waals surface area contributed by atoms with Crippen molar-refractivity contribution in [1.82, 2.24) is 9.97 Å². The molecule has 2 rings (SSSR count). The number of benzene rings is 1. The first-order chi connectivity index (χ1) is 7.65.